The third kappa shape index (κ3) is 3.11. The van der Waals surface area contributed by atoms with Gasteiger partial charge in [0.15, 0.2) is 0 Å². The van der Waals surface area contributed by atoms with Gasteiger partial charge in [0.25, 0.3) is 0 Å². The van der Waals surface area contributed by atoms with E-state index in [1.807, 2.05) is 24.3 Å². The summed E-state index contributed by atoms with van der Waals surface area (Å²) in [6.45, 7) is 4.63. The van der Waals surface area contributed by atoms with Crippen molar-refractivity contribution in [2.24, 2.45) is 0 Å². The highest BCUT2D eigenvalue weighted by Crippen LogP contribution is 2.32. The summed E-state index contributed by atoms with van der Waals surface area (Å²) < 4.78 is 28.2. The molecule has 138 valence electrons. The Balaban J connectivity index is 1.61. The van der Waals surface area contributed by atoms with E-state index in [9.17, 15) is 8.42 Å². The van der Waals surface area contributed by atoms with Crippen LogP contribution in [0, 0.1) is 0 Å². The summed E-state index contributed by atoms with van der Waals surface area (Å²) in [7, 11) is -3.46. The molecule has 0 radical (unpaired) electrons. The number of hydrogen-bond donors (Lipinski definition) is 1. The molecule has 2 aromatic rings. The SMILES string of the molecule is CCN1CCN(S(=O)(=O)C2=Cc3ccccc3CC2)CC1c1ncc[nH]1. The zero-order valence-electron chi connectivity index (χ0n) is 14.9. The van der Waals surface area contributed by atoms with Crippen molar-refractivity contribution in [3.63, 3.8) is 0 Å². The summed E-state index contributed by atoms with van der Waals surface area (Å²) in [5.41, 5.74) is 2.24. The minimum atomic E-state index is -3.46. The Hall–Kier alpha value is -1.96. The van der Waals surface area contributed by atoms with Crippen LogP contribution in [0.5, 0.6) is 0 Å². The van der Waals surface area contributed by atoms with E-state index < -0.39 is 10.0 Å². The van der Waals surface area contributed by atoms with Gasteiger partial charge in [-0.3, -0.25) is 4.90 Å². The van der Waals surface area contributed by atoms with Crippen LogP contribution in [0.25, 0.3) is 6.08 Å². The van der Waals surface area contributed by atoms with Crippen molar-refractivity contribution in [2.75, 3.05) is 26.2 Å². The minimum absolute atomic E-state index is 0.0324. The molecule has 1 aromatic heterocycles. The van der Waals surface area contributed by atoms with Crippen LogP contribution in [0.2, 0.25) is 0 Å². The zero-order valence-corrected chi connectivity index (χ0v) is 15.7. The molecule has 26 heavy (non-hydrogen) atoms. The lowest BCUT2D eigenvalue weighted by Crippen LogP contribution is -2.50. The van der Waals surface area contributed by atoms with E-state index in [0.29, 0.717) is 31.0 Å². The molecule has 0 saturated carbocycles. The number of fused-ring (bicyclic) bond motifs is 1. The van der Waals surface area contributed by atoms with Crippen molar-refractivity contribution in [1.29, 1.82) is 0 Å². The Bertz CT molecular complexity index is 905. The van der Waals surface area contributed by atoms with E-state index in [2.05, 4.69) is 27.9 Å². The largest absolute Gasteiger partial charge is 0.347 e. The van der Waals surface area contributed by atoms with Crippen molar-refractivity contribution in [3.8, 4) is 0 Å². The van der Waals surface area contributed by atoms with Gasteiger partial charge in [0.05, 0.1) is 10.9 Å². The van der Waals surface area contributed by atoms with Crippen LogP contribution in [0.15, 0.2) is 41.6 Å². The van der Waals surface area contributed by atoms with Crippen molar-refractivity contribution in [3.05, 3.63) is 58.5 Å². The van der Waals surface area contributed by atoms with Gasteiger partial charge >= 0.3 is 0 Å². The molecule has 2 aliphatic rings. The number of aryl methyl sites for hydroxylation is 1. The fourth-order valence-electron chi connectivity index (χ4n) is 3.89. The highest BCUT2D eigenvalue weighted by atomic mass is 32.2. The molecule has 0 bridgehead atoms. The number of aromatic amines is 1. The molecule has 1 atom stereocenters. The average Bonchev–Trinajstić information content (AvgIpc) is 3.21. The first kappa shape index (κ1) is 17.5. The number of allylic oxidation sites excluding steroid dienone is 1. The highest BCUT2D eigenvalue weighted by molar-refractivity contribution is 7.93. The van der Waals surface area contributed by atoms with Crippen LogP contribution in [-0.4, -0.2) is 53.8 Å². The maximum absolute atomic E-state index is 13.3. The Morgan fingerprint density at radius 3 is 2.85 bits per heavy atom. The molecule has 4 rings (SSSR count). The molecule has 1 fully saturated rings. The summed E-state index contributed by atoms with van der Waals surface area (Å²) in [5.74, 6) is 0.828. The van der Waals surface area contributed by atoms with Crippen LogP contribution in [0.1, 0.15) is 36.3 Å². The smallest absolute Gasteiger partial charge is 0.239 e. The van der Waals surface area contributed by atoms with Crippen LogP contribution in [-0.2, 0) is 16.4 Å². The van der Waals surface area contributed by atoms with Crippen molar-refractivity contribution >= 4 is 16.1 Å². The number of nitrogens with one attached hydrogen (secondary N) is 1. The van der Waals surface area contributed by atoms with Gasteiger partial charge in [-0.2, -0.15) is 4.31 Å². The van der Waals surface area contributed by atoms with Crippen molar-refractivity contribution < 1.29 is 8.42 Å². The molecule has 1 N–H and O–H groups in total. The fraction of sp³-hybridized carbons (Fsp3) is 0.421. The molecule has 1 aromatic carbocycles. The number of piperazine rings is 1. The first-order valence-corrected chi connectivity index (χ1v) is 10.6. The lowest BCUT2D eigenvalue weighted by molar-refractivity contribution is 0.119. The van der Waals surface area contributed by atoms with Crippen LogP contribution in [0.3, 0.4) is 0 Å². The van der Waals surface area contributed by atoms with Gasteiger partial charge in [-0.15, -0.1) is 0 Å². The van der Waals surface area contributed by atoms with Gasteiger partial charge in [0, 0.05) is 32.0 Å². The first-order valence-electron chi connectivity index (χ1n) is 9.11. The van der Waals surface area contributed by atoms with Crippen LogP contribution in [0.4, 0.5) is 0 Å². The number of imidazole rings is 1. The standard InChI is InChI=1S/C19H24N4O2S/c1-2-22-11-12-23(14-18(22)19-20-9-10-21-19)26(24,25)17-8-7-15-5-3-4-6-16(15)13-17/h3-6,9-10,13,18H,2,7-8,11-12,14H2,1H3,(H,20,21). The molecule has 1 unspecified atom stereocenters. The second-order valence-electron chi connectivity index (χ2n) is 6.79. The molecule has 7 heteroatoms. The van der Waals surface area contributed by atoms with E-state index in [1.54, 1.807) is 16.7 Å². The summed E-state index contributed by atoms with van der Waals surface area (Å²) in [6, 6.07) is 7.99. The van der Waals surface area contributed by atoms with E-state index in [-0.39, 0.29) is 6.04 Å². The summed E-state index contributed by atoms with van der Waals surface area (Å²) in [4.78, 5) is 10.3. The summed E-state index contributed by atoms with van der Waals surface area (Å²) >= 11 is 0. The Kier molecular flexibility index (Phi) is 4.69. The molecule has 1 aliphatic heterocycles. The van der Waals surface area contributed by atoms with Gasteiger partial charge in [-0.05, 0) is 36.6 Å². The first-order chi connectivity index (χ1) is 12.6. The lowest BCUT2D eigenvalue weighted by atomic mass is 9.98. The second-order valence-corrected chi connectivity index (χ2v) is 8.78. The quantitative estimate of drug-likeness (QED) is 0.895. The van der Waals surface area contributed by atoms with Gasteiger partial charge in [-0.25, -0.2) is 13.4 Å². The third-order valence-electron chi connectivity index (χ3n) is 5.38. The fourth-order valence-corrected chi connectivity index (χ4v) is 5.51. The van der Waals surface area contributed by atoms with Gasteiger partial charge < -0.3 is 4.98 Å². The van der Waals surface area contributed by atoms with Gasteiger partial charge in [-0.1, -0.05) is 31.2 Å². The topological polar surface area (TPSA) is 69.3 Å². The molecule has 0 spiro atoms. The predicted octanol–water partition coefficient (Wildman–Crippen LogP) is 2.41. The molecule has 0 amide bonds. The molecule has 1 aliphatic carbocycles. The minimum Gasteiger partial charge on any atom is -0.347 e. The average molecular weight is 372 g/mol. The zero-order chi connectivity index (χ0) is 18.1. The number of likely N-dealkylation sites (N-methyl/N-ethyl adjacent to an activating group) is 1. The number of nitrogens with zero attached hydrogens (tertiary/aromatic N) is 3. The van der Waals surface area contributed by atoms with E-state index in [0.717, 1.165) is 24.4 Å². The molecular formula is C19H24N4O2S. The van der Waals surface area contributed by atoms with Gasteiger partial charge in [0.2, 0.25) is 10.0 Å². The molecule has 1 saturated heterocycles. The molecule has 6 nitrogen and oxygen atoms in total. The lowest BCUT2D eigenvalue weighted by Gasteiger charge is -2.39. The Morgan fingerprint density at radius 1 is 1.23 bits per heavy atom. The van der Waals surface area contributed by atoms with E-state index in [4.69, 9.17) is 0 Å². The van der Waals surface area contributed by atoms with Crippen molar-refractivity contribution in [2.45, 2.75) is 25.8 Å². The number of sulfonamides is 1. The number of H-pyrrole nitrogens is 1. The monoisotopic (exact) mass is 372 g/mol. The number of benzene rings is 1. The number of aromatic nitrogens is 2. The second kappa shape index (κ2) is 6.98. The Labute approximate surface area is 154 Å². The summed E-state index contributed by atoms with van der Waals surface area (Å²) in [5, 5.41) is 0. The highest BCUT2D eigenvalue weighted by Gasteiger charge is 2.36. The van der Waals surface area contributed by atoms with E-state index >= 15 is 0 Å². The predicted molar refractivity (Wildman–Crippen MR) is 102 cm³/mol. The van der Waals surface area contributed by atoms with E-state index in [1.165, 1.54) is 5.56 Å². The van der Waals surface area contributed by atoms with Gasteiger partial charge in [0.1, 0.15) is 5.82 Å². The molecule has 2 heterocycles. The molecular weight excluding hydrogens is 348 g/mol. The maximum Gasteiger partial charge on any atom is 0.239 e. The van der Waals surface area contributed by atoms with Crippen LogP contribution >= 0.6 is 0 Å². The Morgan fingerprint density at radius 2 is 2.08 bits per heavy atom. The summed E-state index contributed by atoms with van der Waals surface area (Å²) in [6.07, 6.45) is 6.70. The number of rotatable bonds is 4. The third-order valence-corrected chi connectivity index (χ3v) is 7.37. The maximum atomic E-state index is 13.3. The number of hydrogen-bond acceptors (Lipinski definition) is 4. The van der Waals surface area contributed by atoms with Crippen molar-refractivity contribution in [1.82, 2.24) is 19.2 Å². The normalized spacial score (nSPS) is 22.0. The van der Waals surface area contributed by atoms with Crippen LogP contribution < -0.4 is 0 Å².